The van der Waals surface area contributed by atoms with Gasteiger partial charge in [0.1, 0.15) is 0 Å². The van der Waals surface area contributed by atoms with Crippen LogP contribution in [0.1, 0.15) is 36.0 Å². The lowest BCUT2D eigenvalue weighted by molar-refractivity contribution is 0.0909. The molecule has 1 amide bonds. The van der Waals surface area contributed by atoms with Gasteiger partial charge in [-0.05, 0) is 53.6 Å². The van der Waals surface area contributed by atoms with E-state index in [1.165, 1.54) is 12.8 Å². The van der Waals surface area contributed by atoms with Crippen LogP contribution in [0.15, 0.2) is 22.7 Å². The van der Waals surface area contributed by atoms with Gasteiger partial charge in [-0.1, -0.05) is 44.7 Å². The van der Waals surface area contributed by atoms with Crippen molar-refractivity contribution in [1.82, 2.24) is 5.32 Å². The van der Waals surface area contributed by atoms with Gasteiger partial charge in [0.25, 0.3) is 5.91 Å². The van der Waals surface area contributed by atoms with Crippen LogP contribution in [0.3, 0.4) is 0 Å². The lowest BCUT2D eigenvalue weighted by atomic mass is 10.00. The Hall–Kier alpha value is 0.380. The summed E-state index contributed by atoms with van der Waals surface area (Å²) >= 11 is 9.16. The topological polar surface area (TPSA) is 29.1 Å². The van der Waals surface area contributed by atoms with Gasteiger partial charge in [0.05, 0.1) is 11.1 Å². The predicted molar refractivity (Wildman–Crippen MR) is 89.3 cm³/mol. The molecule has 0 bridgehead atoms. The fourth-order valence-electron chi connectivity index (χ4n) is 2.32. The Morgan fingerprint density at radius 3 is 2.67 bits per heavy atom. The third kappa shape index (κ3) is 3.28. The van der Waals surface area contributed by atoms with Gasteiger partial charge < -0.3 is 5.32 Å². The molecule has 2 nitrogen and oxygen atoms in total. The third-order valence-electron chi connectivity index (χ3n) is 3.37. The molecule has 0 atom stereocenters. The van der Waals surface area contributed by atoms with Crippen molar-refractivity contribution in [3.8, 4) is 0 Å². The van der Waals surface area contributed by atoms with E-state index in [4.69, 9.17) is 0 Å². The molecule has 5 heteroatoms. The summed E-state index contributed by atoms with van der Waals surface area (Å²) in [4.78, 5) is 12.4. The minimum atomic E-state index is -0.0531. The number of alkyl halides is 1. The number of amides is 1. The molecule has 18 heavy (non-hydrogen) atoms. The highest BCUT2D eigenvalue weighted by molar-refractivity contribution is 14.1. The molecule has 2 rings (SSSR count). The van der Waals surface area contributed by atoms with Gasteiger partial charge in [-0.3, -0.25) is 4.79 Å². The molecule has 98 valence electrons. The van der Waals surface area contributed by atoms with E-state index in [0.29, 0.717) is 0 Å². The maximum absolute atomic E-state index is 12.4. The number of rotatable bonds is 3. The van der Waals surface area contributed by atoms with Crippen molar-refractivity contribution in [2.75, 3.05) is 5.33 Å². The number of halogens is 3. The van der Waals surface area contributed by atoms with Crippen LogP contribution in [0.5, 0.6) is 0 Å². The molecule has 1 fully saturated rings. The van der Waals surface area contributed by atoms with Crippen molar-refractivity contribution in [1.29, 1.82) is 0 Å². The second-order valence-electron chi connectivity index (χ2n) is 4.70. The molecular formula is C13H14Br2INO. The van der Waals surface area contributed by atoms with E-state index < -0.39 is 0 Å². The van der Waals surface area contributed by atoms with E-state index >= 15 is 0 Å². The van der Waals surface area contributed by atoms with Crippen LogP contribution >= 0.6 is 54.5 Å². The van der Waals surface area contributed by atoms with Gasteiger partial charge in [-0.25, -0.2) is 0 Å². The van der Waals surface area contributed by atoms with E-state index in [-0.39, 0.29) is 11.4 Å². The lowest BCUT2D eigenvalue weighted by Crippen LogP contribution is -2.47. The molecule has 0 radical (unpaired) electrons. The molecule has 0 spiro atoms. The van der Waals surface area contributed by atoms with Crippen LogP contribution in [-0.4, -0.2) is 16.8 Å². The zero-order valence-corrected chi connectivity index (χ0v) is 15.1. The van der Waals surface area contributed by atoms with Crippen molar-refractivity contribution >= 4 is 60.4 Å². The van der Waals surface area contributed by atoms with Crippen LogP contribution in [0.4, 0.5) is 0 Å². The summed E-state index contributed by atoms with van der Waals surface area (Å²) in [6.45, 7) is 0. The van der Waals surface area contributed by atoms with Gasteiger partial charge in [0.15, 0.2) is 0 Å². The monoisotopic (exact) mass is 485 g/mol. The summed E-state index contributed by atoms with van der Waals surface area (Å²) in [5.74, 6) is 0.0297. The molecule has 0 heterocycles. The first-order chi connectivity index (χ1) is 8.56. The van der Waals surface area contributed by atoms with E-state index in [0.717, 1.165) is 31.8 Å². The van der Waals surface area contributed by atoms with Crippen molar-refractivity contribution in [3.05, 3.63) is 31.8 Å². The fraction of sp³-hybridized carbons (Fsp3) is 0.462. The Labute approximate surface area is 138 Å². The lowest BCUT2D eigenvalue weighted by Gasteiger charge is -2.28. The van der Waals surface area contributed by atoms with E-state index in [9.17, 15) is 4.79 Å². The van der Waals surface area contributed by atoms with Crippen LogP contribution in [0.25, 0.3) is 0 Å². The Bertz CT molecular complexity index is 458. The first-order valence-corrected chi connectivity index (χ1v) is 8.89. The maximum atomic E-state index is 12.4. The predicted octanol–water partition coefficient (Wildman–Crippen LogP) is 4.49. The van der Waals surface area contributed by atoms with Crippen LogP contribution in [0, 0.1) is 3.57 Å². The Morgan fingerprint density at radius 2 is 2.06 bits per heavy atom. The van der Waals surface area contributed by atoms with Crippen molar-refractivity contribution < 1.29 is 4.79 Å². The minimum absolute atomic E-state index is 0.0297. The minimum Gasteiger partial charge on any atom is -0.346 e. The molecule has 1 saturated carbocycles. The van der Waals surface area contributed by atoms with Crippen LogP contribution in [0.2, 0.25) is 0 Å². The number of hydrogen-bond donors (Lipinski definition) is 1. The van der Waals surface area contributed by atoms with Crippen molar-refractivity contribution in [2.45, 2.75) is 31.2 Å². The normalized spacial score (nSPS) is 17.7. The van der Waals surface area contributed by atoms with Gasteiger partial charge in [-0.2, -0.15) is 0 Å². The van der Waals surface area contributed by atoms with Gasteiger partial charge >= 0.3 is 0 Å². The number of hydrogen-bond acceptors (Lipinski definition) is 1. The number of carbonyl (C=O) groups excluding carboxylic acids is 1. The quantitative estimate of drug-likeness (QED) is 0.495. The highest BCUT2D eigenvalue weighted by Gasteiger charge is 2.34. The van der Waals surface area contributed by atoms with E-state index in [2.05, 4.69) is 59.8 Å². The summed E-state index contributed by atoms with van der Waals surface area (Å²) in [5.41, 5.74) is 0.694. The molecule has 0 saturated heterocycles. The number of carbonyl (C=O) groups is 1. The molecule has 1 aromatic rings. The third-order valence-corrected chi connectivity index (χ3v) is 5.88. The highest BCUT2D eigenvalue weighted by atomic mass is 127. The summed E-state index contributed by atoms with van der Waals surface area (Å²) in [6, 6.07) is 5.79. The van der Waals surface area contributed by atoms with E-state index in [1.807, 2.05) is 18.2 Å². The molecule has 1 aromatic carbocycles. The second-order valence-corrected chi connectivity index (χ2v) is 7.34. The average Bonchev–Trinajstić information content (AvgIpc) is 2.81. The van der Waals surface area contributed by atoms with Crippen molar-refractivity contribution in [3.63, 3.8) is 0 Å². The van der Waals surface area contributed by atoms with Crippen LogP contribution < -0.4 is 5.32 Å². The number of benzene rings is 1. The zero-order chi connectivity index (χ0) is 13.2. The zero-order valence-electron chi connectivity index (χ0n) is 9.81. The summed E-state index contributed by atoms with van der Waals surface area (Å²) in [5, 5.41) is 4.04. The molecule has 0 unspecified atom stereocenters. The molecular weight excluding hydrogens is 473 g/mol. The summed E-state index contributed by atoms with van der Waals surface area (Å²) < 4.78 is 1.92. The van der Waals surface area contributed by atoms with Gasteiger partial charge in [0.2, 0.25) is 0 Å². The molecule has 1 aliphatic carbocycles. The Morgan fingerprint density at radius 1 is 1.39 bits per heavy atom. The maximum Gasteiger partial charge on any atom is 0.252 e. The SMILES string of the molecule is O=C(NC1(CBr)CCCC1)c1cc(Br)ccc1I. The van der Waals surface area contributed by atoms with Gasteiger partial charge in [0, 0.05) is 13.4 Å². The van der Waals surface area contributed by atoms with E-state index in [1.54, 1.807) is 0 Å². The molecule has 0 aliphatic heterocycles. The molecule has 1 aliphatic rings. The average molecular weight is 487 g/mol. The first-order valence-electron chi connectivity index (χ1n) is 5.90. The highest BCUT2D eigenvalue weighted by Crippen LogP contribution is 2.32. The fourth-order valence-corrected chi connectivity index (χ4v) is 3.97. The first kappa shape index (κ1) is 14.8. The summed E-state index contributed by atoms with van der Waals surface area (Å²) in [6.07, 6.45) is 4.52. The van der Waals surface area contributed by atoms with Crippen LogP contribution in [-0.2, 0) is 0 Å². The molecule has 0 aromatic heterocycles. The summed E-state index contributed by atoms with van der Waals surface area (Å²) in [7, 11) is 0. The number of nitrogens with one attached hydrogen (secondary N) is 1. The second kappa shape index (κ2) is 6.22. The largest absolute Gasteiger partial charge is 0.346 e. The Balaban J connectivity index is 2.18. The smallest absolute Gasteiger partial charge is 0.252 e. The standard InChI is InChI=1S/C13H14Br2INO/c14-8-13(5-1-2-6-13)17-12(18)10-7-9(15)3-4-11(10)16/h3-4,7H,1-2,5-6,8H2,(H,17,18). The van der Waals surface area contributed by atoms with Gasteiger partial charge in [-0.15, -0.1) is 0 Å². The Kier molecular flexibility index (Phi) is 5.11. The van der Waals surface area contributed by atoms with Crippen molar-refractivity contribution in [2.24, 2.45) is 0 Å². The molecule has 1 N–H and O–H groups in total.